The van der Waals surface area contributed by atoms with Gasteiger partial charge in [-0.25, -0.2) is 0 Å². The van der Waals surface area contributed by atoms with Gasteiger partial charge in [0.25, 0.3) is 0 Å². The Labute approximate surface area is 151 Å². The quantitative estimate of drug-likeness (QED) is 0.673. The second-order valence-corrected chi connectivity index (χ2v) is 9.44. The lowest BCUT2D eigenvalue weighted by atomic mass is 9.46. The molecule has 0 aliphatic heterocycles. The summed E-state index contributed by atoms with van der Waals surface area (Å²) in [6.07, 6.45) is 8.45. The van der Waals surface area contributed by atoms with E-state index in [1.165, 1.54) is 5.57 Å². The van der Waals surface area contributed by atoms with E-state index in [2.05, 4.69) is 32.3 Å². The molecule has 0 saturated heterocycles. The molecule has 3 fully saturated rings. The van der Waals surface area contributed by atoms with Crippen LogP contribution in [0, 0.1) is 34.0 Å². The molecule has 4 nitrogen and oxygen atoms in total. The monoisotopic (exact) mass is 346 g/mol. The highest BCUT2D eigenvalue weighted by Crippen LogP contribution is 2.64. The SMILES string of the molecule is CN[C@H]1C=C2C[C@@H](OC)CCC2(C)C2C1C1CCC(=N)C1(C)C[C@H]2O. The molecule has 3 N–H and O–H groups in total. The summed E-state index contributed by atoms with van der Waals surface area (Å²) in [5.41, 5.74) is 2.33. The van der Waals surface area contributed by atoms with Crippen LogP contribution in [0.4, 0.5) is 0 Å². The summed E-state index contributed by atoms with van der Waals surface area (Å²) in [5, 5.41) is 23.4. The van der Waals surface area contributed by atoms with Gasteiger partial charge in [-0.05, 0) is 68.7 Å². The molecule has 0 spiro atoms. The van der Waals surface area contributed by atoms with Crippen LogP contribution in [0.2, 0.25) is 0 Å². The second-order valence-electron chi connectivity index (χ2n) is 9.44. The van der Waals surface area contributed by atoms with Gasteiger partial charge in [-0.3, -0.25) is 0 Å². The normalized spacial score (nSPS) is 52.2. The van der Waals surface area contributed by atoms with Gasteiger partial charge >= 0.3 is 0 Å². The van der Waals surface area contributed by atoms with Gasteiger partial charge in [0.1, 0.15) is 0 Å². The molecule has 0 aromatic heterocycles. The summed E-state index contributed by atoms with van der Waals surface area (Å²) in [7, 11) is 3.87. The summed E-state index contributed by atoms with van der Waals surface area (Å²) in [5.74, 6) is 1.24. The van der Waals surface area contributed by atoms with E-state index in [4.69, 9.17) is 10.1 Å². The number of rotatable bonds is 2. The number of aliphatic hydroxyl groups excluding tert-OH is 1. The van der Waals surface area contributed by atoms with Crippen LogP contribution in [0.5, 0.6) is 0 Å². The van der Waals surface area contributed by atoms with Gasteiger partial charge in [-0.1, -0.05) is 25.5 Å². The third-order valence-electron chi connectivity index (χ3n) is 8.50. The molecule has 4 heteroatoms. The Hall–Kier alpha value is -0.710. The number of likely N-dealkylation sites (N-methyl/N-ethyl adjacent to an activating group) is 1. The number of hydrogen-bond donors (Lipinski definition) is 3. The first-order chi connectivity index (χ1) is 11.8. The largest absolute Gasteiger partial charge is 0.393 e. The molecule has 0 heterocycles. The van der Waals surface area contributed by atoms with Gasteiger partial charge in [0, 0.05) is 24.3 Å². The fourth-order valence-electron chi connectivity index (χ4n) is 7.06. The van der Waals surface area contributed by atoms with Crippen molar-refractivity contribution in [1.29, 1.82) is 5.41 Å². The number of methoxy groups -OCH3 is 1. The van der Waals surface area contributed by atoms with Crippen LogP contribution in [0.1, 0.15) is 52.4 Å². The van der Waals surface area contributed by atoms with E-state index in [0.29, 0.717) is 29.9 Å². The van der Waals surface area contributed by atoms with Crippen LogP contribution in [-0.2, 0) is 4.74 Å². The van der Waals surface area contributed by atoms with Gasteiger partial charge < -0.3 is 20.6 Å². The highest BCUT2D eigenvalue weighted by atomic mass is 16.5. The minimum atomic E-state index is -0.312. The van der Waals surface area contributed by atoms with Crippen molar-refractivity contribution >= 4 is 5.71 Å². The minimum absolute atomic E-state index is 0.0819. The molecule has 140 valence electrons. The number of nitrogens with one attached hydrogen (secondary N) is 2. The third kappa shape index (κ3) is 2.33. The van der Waals surface area contributed by atoms with E-state index >= 15 is 0 Å². The minimum Gasteiger partial charge on any atom is -0.393 e. The molecule has 8 atom stereocenters. The zero-order valence-corrected chi connectivity index (χ0v) is 16.1. The first-order valence-corrected chi connectivity index (χ1v) is 10.0. The standard InChI is InChI=1S/C21H34N2O2/c1-20-8-7-13(25-4)9-12(20)10-15(23-3)18-14-5-6-17(22)21(14,2)11-16(24)19(18)20/h10,13-16,18-19,22-24H,5-9,11H2,1-4H3/t13-,14?,15-,16+,18?,19?,20?,21?/m0/s1. The van der Waals surface area contributed by atoms with Crippen molar-refractivity contribution in [3.05, 3.63) is 11.6 Å². The van der Waals surface area contributed by atoms with Gasteiger partial charge in [0.2, 0.25) is 0 Å². The van der Waals surface area contributed by atoms with Crippen molar-refractivity contribution < 1.29 is 9.84 Å². The third-order valence-corrected chi connectivity index (χ3v) is 8.50. The van der Waals surface area contributed by atoms with Crippen LogP contribution in [0.15, 0.2) is 11.6 Å². The van der Waals surface area contributed by atoms with Crippen molar-refractivity contribution in [2.45, 2.75) is 70.6 Å². The van der Waals surface area contributed by atoms with Crippen LogP contribution >= 0.6 is 0 Å². The fourth-order valence-corrected chi connectivity index (χ4v) is 7.06. The van der Waals surface area contributed by atoms with Crippen LogP contribution < -0.4 is 5.32 Å². The lowest BCUT2D eigenvalue weighted by Crippen LogP contribution is -2.61. The Morgan fingerprint density at radius 1 is 1.28 bits per heavy atom. The summed E-state index contributed by atoms with van der Waals surface area (Å²) in [6.45, 7) is 4.63. The molecule has 3 saturated carbocycles. The highest BCUT2D eigenvalue weighted by Gasteiger charge is 2.62. The smallest absolute Gasteiger partial charge is 0.0609 e. The second kappa shape index (κ2) is 5.90. The van der Waals surface area contributed by atoms with Crippen LogP contribution in [0.3, 0.4) is 0 Å². The summed E-state index contributed by atoms with van der Waals surface area (Å²) >= 11 is 0. The Bertz CT molecular complexity index is 603. The van der Waals surface area contributed by atoms with E-state index < -0.39 is 0 Å². The van der Waals surface area contributed by atoms with E-state index in [9.17, 15) is 5.11 Å². The Morgan fingerprint density at radius 2 is 2.04 bits per heavy atom. The number of ether oxygens (including phenoxy) is 1. The van der Waals surface area contributed by atoms with E-state index in [1.54, 1.807) is 0 Å². The van der Waals surface area contributed by atoms with Crippen molar-refractivity contribution in [3.8, 4) is 0 Å². The van der Waals surface area contributed by atoms with E-state index in [-0.39, 0.29) is 16.9 Å². The molecule has 0 amide bonds. The number of hydrogen-bond acceptors (Lipinski definition) is 4. The maximum absolute atomic E-state index is 11.3. The first-order valence-electron chi connectivity index (χ1n) is 10.0. The molecule has 0 radical (unpaired) electrons. The molecule has 0 bridgehead atoms. The number of fused-ring (bicyclic) bond motifs is 5. The predicted octanol–water partition coefficient (Wildman–Crippen LogP) is 3.15. The molecule has 4 aliphatic carbocycles. The average Bonchev–Trinajstić information content (AvgIpc) is 2.88. The summed E-state index contributed by atoms with van der Waals surface area (Å²) < 4.78 is 5.66. The van der Waals surface area contributed by atoms with Crippen LogP contribution in [-0.4, -0.2) is 43.2 Å². The molecule has 4 rings (SSSR count). The molecule has 25 heavy (non-hydrogen) atoms. The van der Waals surface area contributed by atoms with Gasteiger partial charge in [0.15, 0.2) is 0 Å². The fraction of sp³-hybridized carbons (Fsp3) is 0.857. The zero-order chi connectivity index (χ0) is 18.0. The van der Waals surface area contributed by atoms with Crippen LogP contribution in [0.25, 0.3) is 0 Å². The lowest BCUT2D eigenvalue weighted by Gasteiger charge is -2.60. The Morgan fingerprint density at radius 3 is 2.72 bits per heavy atom. The molecule has 0 aromatic rings. The molecule has 4 aliphatic rings. The highest BCUT2D eigenvalue weighted by molar-refractivity contribution is 5.89. The first kappa shape index (κ1) is 17.7. The maximum Gasteiger partial charge on any atom is 0.0609 e. The summed E-state index contributed by atoms with van der Waals surface area (Å²) in [6, 6.07) is 0.300. The zero-order valence-electron chi connectivity index (χ0n) is 16.1. The predicted molar refractivity (Wildman–Crippen MR) is 99.8 cm³/mol. The molecule has 0 aromatic carbocycles. The maximum atomic E-state index is 11.3. The van der Waals surface area contributed by atoms with Crippen molar-refractivity contribution in [2.75, 3.05) is 14.2 Å². The average molecular weight is 347 g/mol. The molecular weight excluding hydrogens is 312 g/mol. The van der Waals surface area contributed by atoms with Crippen molar-refractivity contribution in [1.82, 2.24) is 5.32 Å². The van der Waals surface area contributed by atoms with Crippen molar-refractivity contribution in [3.63, 3.8) is 0 Å². The molecular formula is C21H34N2O2. The van der Waals surface area contributed by atoms with E-state index in [0.717, 1.165) is 44.2 Å². The Balaban J connectivity index is 1.78. The lowest BCUT2D eigenvalue weighted by molar-refractivity contribution is -0.111. The van der Waals surface area contributed by atoms with Gasteiger partial charge in [-0.15, -0.1) is 0 Å². The van der Waals surface area contributed by atoms with Crippen molar-refractivity contribution in [2.24, 2.45) is 28.6 Å². The van der Waals surface area contributed by atoms with Gasteiger partial charge in [0.05, 0.1) is 12.2 Å². The topological polar surface area (TPSA) is 65.3 Å². The van der Waals surface area contributed by atoms with E-state index in [1.807, 2.05) is 7.11 Å². The molecule has 5 unspecified atom stereocenters. The Kier molecular flexibility index (Phi) is 4.17. The van der Waals surface area contributed by atoms with Gasteiger partial charge in [-0.2, -0.15) is 0 Å². The number of aliphatic hydroxyl groups is 1. The summed E-state index contributed by atoms with van der Waals surface area (Å²) in [4.78, 5) is 0.